The Balaban J connectivity index is 1.36. The highest BCUT2D eigenvalue weighted by molar-refractivity contribution is 9.12. The molecular weight excluding hydrogens is 514 g/mol. The van der Waals surface area contributed by atoms with E-state index in [0.717, 1.165) is 12.0 Å². The summed E-state index contributed by atoms with van der Waals surface area (Å²) in [5.74, 6) is -1.05. The van der Waals surface area contributed by atoms with E-state index in [2.05, 4.69) is 31.9 Å². The van der Waals surface area contributed by atoms with E-state index in [-0.39, 0.29) is 51.7 Å². The summed E-state index contributed by atoms with van der Waals surface area (Å²) in [4.78, 5) is 40.5. The maximum Gasteiger partial charge on any atom is 0.338 e. The van der Waals surface area contributed by atoms with Gasteiger partial charge in [0.05, 0.1) is 23.1 Å². The van der Waals surface area contributed by atoms with Gasteiger partial charge in [0.15, 0.2) is 0 Å². The van der Waals surface area contributed by atoms with Crippen LogP contribution < -0.4 is 4.90 Å². The van der Waals surface area contributed by atoms with Crippen LogP contribution in [-0.2, 0) is 20.9 Å². The third kappa shape index (κ3) is 3.05. The molecule has 2 amide bonds. The molecule has 30 heavy (non-hydrogen) atoms. The third-order valence-electron chi connectivity index (χ3n) is 6.54. The van der Waals surface area contributed by atoms with Gasteiger partial charge in [-0.1, -0.05) is 68.3 Å². The number of alkyl halides is 2. The fourth-order valence-electron chi connectivity index (χ4n) is 5.18. The fraction of sp³-hybridized carbons (Fsp3) is 0.348. The molecule has 2 saturated carbocycles. The second-order valence-corrected chi connectivity index (χ2v) is 10.2. The van der Waals surface area contributed by atoms with Gasteiger partial charge in [0.25, 0.3) is 0 Å². The fourth-order valence-corrected chi connectivity index (χ4v) is 7.06. The van der Waals surface area contributed by atoms with Crippen LogP contribution in [0, 0.1) is 23.7 Å². The van der Waals surface area contributed by atoms with Crippen molar-refractivity contribution in [3.05, 3.63) is 65.7 Å². The van der Waals surface area contributed by atoms with Crippen molar-refractivity contribution >= 4 is 55.3 Å². The molecule has 3 aliphatic rings. The zero-order valence-corrected chi connectivity index (χ0v) is 19.1. The number of nitrogens with zero attached hydrogens (tertiary/aromatic N) is 1. The molecule has 2 aliphatic carbocycles. The Hall–Kier alpha value is -1.99. The second kappa shape index (κ2) is 7.61. The Kier molecular flexibility index (Phi) is 5.06. The molecule has 0 aromatic heterocycles. The number of hydrogen-bond donors (Lipinski definition) is 0. The molecule has 1 heterocycles. The summed E-state index contributed by atoms with van der Waals surface area (Å²) in [6.07, 6.45) is 0.887. The van der Waals surface area contributed by atoms with Crippen molar-refractivity contribution < 1.29 is 19.1 Å². The lowest BCUT2D eigenvalue weighted by Crippen LogP contribution is -2.37. The molecule has 2 bridgehead atoms. The van der Waals surface area contributed by atoms with E-state index in [1.165, 1.54) is 4.90 Å². The maximum atomic E-state index is 13.2. The van der Waals surface area contributed by atoms with Crippen molar-refractivity contribution in [2.75, 3.05) is 4.90 Å². The van der Waals surface area contributed by atoms with Gasteiger partial charge in [0.2, 0.25) is 11.8 Å². The van der Waals surface area contributed by atoms with Crippen molar-refractivity contribution in [3.8, 4) is 0 Å². The zero-order valence-electron chi connectivity index (χ0n) is 15.9. The molecular formula is C23H19Br2NO4. The first-order chi connectivity index (χ1) is 14.5. The van der Waals surface area contributed by atoms with E-state index >= 15 is 0 Å². The van der Waals surface area contributed by atoms with Crippen LogP contribution >= 0.6 is 31.9 Å². The van der Waals surface area contributed by atoms with Crippen LogP contribution in [0.4, 0.5) is 5.69 Å². The van der Waals surface area contributed by atoms with Crippen LogP contribution in [0.2, 0.25) is 0 Å². The molecule has 5 nitrogen and oxygen atoms in total. The quantitative estimate of drug-likeness (QED) is 0.334. The number of carbonyl (C=O) groups excluding carboxylic acids is 3. The highest BCUT2D eigenvalue weighted by Crippen LogP contribution is 2.60. The average molecular weight is 533 g/mol. The smallest absolute Gasteiger partial charge is 0.338 e. The zero-order chi connectivity index (χ0) is 21.0. The molecule has 3 fully saturated rings. The number of ether oxygens (including phenoxy) is 1. The first kappa shape index (κ1) is 19.9. The first-order valence-corrected chi connectivity index (χ1v) is 11.8. The van der Waals surface area contributed by atoms with Crippen LogP contribution in [0.15, 0.2) is 54.6 Å². The average Bonchev–Trinajstić information content (AvgIpc) is 3.37. The summed E-state index contributed by atoms with van der Waals surface area (Å²) in [7, 11) is 0. The number of esters is 1. The van der Waals surface area contributed by atoms with Gasteiger partial charge < -0.3 is 4.74 Å². The number of benzene rings is 2. The second-order valence-electron chi connectivity index (χ2n) is 8.13. The lowest BCUT2D eigenvalue weighted by Gasteiger charge is -2.28. The van der Waals surface area contributed by atoms with Gasteiger partial charge in [-0.05, 0) is 42.0 Å². The van der Waals surface area contributed by atoms with Crippen molar-refractivity contribution in [2.24, 2.45) is 23.7 Å². The van der Waals surface area contributed by atoms with E-state index < -0.39 is 5.97 Å². The standard InChI is InChI=1S/C23H19Br2NO4/c24-19-15-10-16(20(19)25)18-17(15)21(27)26(22(18)28)14-8-4-7-13(9-14)23(29)30-11-12-5-2-1-3-6-12/h1-9,15-20H,10-11H2/t15-,16-,17-,18+,19-,20+/m0/s1. The topological polar surface area (TPSA) is 63.7 Å². The minimum absolute atomic E-state index is 0.156. The van der Waals surface area contributed by atoms with E-state index in [1.807, 2.05) is 30.3 Å². The molecule has 0 N–H and O–H groups in total. The van der Waals surface area contributed by atoms with Gasteiger partial charge in [-0.25, -0.2) is 4.79 Å². The molecule has 1 saturated heterocycles. The molecule has 0 radical (unpaired) electrons. The van der Waals surface area contributed by atoms with E-state index in [9.17, 15) is 14.4 Å². The van der Waals surface area contributed by atoms with Crippen LogP contribution in [0.1, 0.15) is 22.3 Å². The van der Waals surface area contributed by atoms with Crippen molar-refractivity contribution in [1.29, 1.82) is 0 Å². The van der Waals surface area contributed by atoms with Crippen molar-refractivity contribution in [3.63, 3.8) is 0 Å². The Morgan fingerprint density at radius 1 is 0.933 bits per heavy atom. The van der Waals surface area contributed by atoms with Gasteiger partial charge in [-0.3, -0.25) is 14.5 Å². The Labute approximate surface area is 191 Å². The Bertz CT molecular complexity index is 995. The molecule has 2 aromatic carbocycles. The van der Waals surface area contributed by atoms with Crippen LogP contribution in [-0.4, -0.2) is 27.4 Å². The summed E-state index contributed by atoms with van der Waals surface area (Å²) in [6, 6.07) is 16.0. The summed E-state index contributed by atoms with van der Waals surface area (Å²) in [5.41, 5.74) is 1.65. The third-order valence-corrected chi connectivity index (χ3v) is 9.75. The number of rotatable bonds is 4. The summed E-state index contributed by atoms with van der Waals surface area (Å²) in [5, 5.41) is 0. The summed E-state index contributed by atoms with van der Waals surface area (Å²) < 4.78 is 5.39. The number of amides is 2. The maximum absolute atomic E-state index is 13.2. The Morgan fingerprint density at radius 2 is 1.57 bits per heavy atom. The largest absolute Gasteiger partial charge is 0.457 e. The lowest BCUT2D eigenvalue weighted by molar-refractivity contribution is -0.123. The normalized spacial score (nSPS) is 31.9. The van der Waals surface area contributed by atoms with Crippen LogP contribution in [0.5, 0.6) is 0 Å². The van der Waals surface area contributed by atoms with Gasteiger partial charge in [0.1, 0.15) is 6.61 Å². The molecule has 7 heteroatoms. The molecule has 0 unspecified atom stereocenters. The lowest BCUT2D eigenvalue weighted by atomic mass is 9.81. The highest BCUT2D eigenvalue weighted by Gasteiger charge is 2.66. The number of carbonyl (C=O) groups is 3. The summed E-state index contributed by atoms with van der Waals surface area (Å²) in [6.45, 7) is 0.165. The summed E-state index contributed by atoms with van der Waals surface area (Å²) >= 11 is 7.40. The predicted molar refractivity (Wildman–Crippen MR) is 119 cm³/mol. The van der Waals surface area contributed by atoms with E-state index in [1.54, 1.807) is 24.3 Å². The van der Waals surface area contributed by atoms with Gasteiger partial charge in [-0.15, -0.1) is 0 Å². The number of imide groups is 1. The van der Waals surface area contributed by atoms with Crippen LogP contribution in [0.25, 0.3) is 0 Å². The van der Waals surface area contributed by atoms with E-state index in [4.69, 9.17) is 4.74 Å². The first-order valence-electron chi connectivity index (χ1n) is 9.94. The van der Waals surface area contributed by atoms with Gasteiger partial charge in [0, 0.05) is 9.65 Å². The molecule has 154 valence electrons. The van der Waals surface area contributed by atoms with Gasteiger partial charge >= 0.3 is 5.97 Å². The molecule has 5 rings (SSSR count). The molecule has 6 atom stereocenters. The minimum Gasteiger partial charge on any atom is -0.457 e. The molecule has 1 aliphatic heterocycles. The number of halogens is 2. The van der Waals surface area contributed by atoms with E-state index in [0.29, 0.717) is 11.3 Å². The number of hydrogen-bond acceptors (Lipinski definition) is 4. The number of fused-ring (bicyclic) bond motifs is 5. The number of anilines is 1. The SMILES string of the molecule is O=C(OCc1ccccc1)c1cccc(N2C(=O)[C@@H]3[C@@H]4C[C@H]([C@H](Br)[C@@H]4Br)[C@@H]3C2=O)c1. The predicted octanol–water partition coefficient (Wildman–Crippen LogP) is 4.33. The Morgan fingerprint density at radius 3 is 2.20 bits per heavy atom. The highest BCUT2D eigenvalue weighted by atomic mass is 79.9. The molecule has 2 aromatic rings. The minimum atomic E-state index is -0.485. The van der Waals surface area contributed by atoms with Crippen LogP contribution in [0.3, 0.4) is 0 Å². The van der Waals surface area contributed by atoms with Gasteiger partial charge in [-0.2, -0.15) is 0 Å². The van der Waals surface area contributed by atoms with Crippen molar-refractivity contribution in [1.82, 2.24) is 0 Å². The molecule has 0 spiro atoms. The monoisotopic (exact) mass is 531 g/mol. The van der Waals surface area contributed by atoms with Crippen molar-refractivity contribution in [2.45, 2.75) is 22.7 Å².